The second kappa shape index (κ2) is 4.03. The second-order valence-corrected chi connectivity index (χ2v) is 4.90. The lowest BCUT2D eigenvalue weighted by molar-refractivity contribution is 0.0839. The van der Waals surface area contributed by atoms with Crippen LogP contribution in [0.15, 0.2) is 18.3 Å². The summed E-state index contributed by atoms with van der Waals surface area (Å²) < 4.78 is 0. The normalized spacial score (nSPS) is 27.1. The standard InChI is InChI=1S/C12H19N3O/c1-9(13)11-4-3-10(7-14-11)15-6-5-12(2,16)8-15/h3-4,7,9,16H,5-6,8,13H2,1-2H3/t9-,12?/m0/s1. The Labute approximate surface area is 96.1 Å². The van der Waals surface area contributed by atoms with Gasteiger partial charge in [0.15, 0.2) is 0 Å². The van der Waals surface area contributed by atoms with Gasteiger partial charge in [0.25, 0.3) is 0 Å². The summed E-state index contributed by atoms with van der Waals surface area (Å²) in [4.78, 5) is 6.47. The zero-order valence-corrected chi connectivity index (χ0v) is 9.85. The van der Waals surface area contributed by atoms with E-state index >= 15 is 0 Å². The number of β-amino-alcohol motifs (C(OH)–C–C–N with tert-alkyl or cyclic N) is 1. The number of pyridine rings is 1. The van der Waals surface area contributed by atoms with Crippen LogP contribution in [0.1, 0.15) is 32.0 Å². The van der Waals surface area contributed by atoms with Crippen LogP contribution < -0.4 is 10.6 Å². The van der Waals surface area contributed by atoms with Gasteiger partial charge in [-0.1, -0.05) is 0 Å². The van der Waals surface area contributed by atoms with Crippen LogP contribution in [0.2, 0.25) is 0 Å². The molecule has 2 rings (SSSR count). The Morgan fingerprint density at radius 3 is 2.75 bits per heavy atom. The van der Waals surface area contributed by atoms with Crippen LogP contribution in [-0.2, 0) is 0 Å². The first-order valence-electron chi connectivity index (χ1n) is 5.67. The van der Waals surface area contributed by atoms with E-state index < -0.39 is 5.60 Å². The first-order chi connectivity index (χ1) is 7.48. The first kappa shape index (κ1) is 11.4. The molecule has 1 aromatic heterocycles. The SMILES string of the molecule is C[C@H](N)c1ccc(N2CCC(C)(O)C2)cn1. The van der Waals surface area contributed by atoms with Crippen molar-refractivity contribution >= 4 is 5.69 Å². The molecule has 0 bridgehead atoms. The average Bonchev–Trinajstić information content (AvgIpc) is 2.59. The van der Waals surface area contributed by atoms with Gasteiger partial charge >= 0.3 is 0 Å². The van der Waals surface area contributed by atoms with Gasteiger partial charge in [-0.05, 0) is 32.4 Å². The van der Waals surface area contributed by atoms with Crippen LogP contribution in [0.3, 0.4) is 0 Å². The van der Waals surface area contributed by atoms with E-state index in [-0.39, 0.29) is 6.04 Å². The molecule has 0 saturated carbocycles. The number of aromatic nitrogens is 1. The molecular formula is C12H19N3O. The molecule has 4 nitrogen and oxygen atoms in total. The molecule has 0 aliphatic carbocycles. The summed E-state index contributed by atoms with van der Waals surface area (Å²) in [6, 6.07) is 3.94. The van der Waals surface area contributed by atoms with Gasteiger partial charge in [0.1, 0.15) is 0 Å². The van der Waals surface area contributed by atoms with E-state index in [1.807, 2.05) is 32.2 Å². The van der Waals surface area contributed by atoms with Crippen LogP contribution in [0.5, 0.6) is 0 Å². The molecule has 0 spiro atoms. The van der Waals surface area contributed by atoms with Crippen LogP contribution in [-0.4, -0.2) is 28.8 Å². The second-order valence-electron chi connectivity index (χ2n) is 4.90. The van der Waals surface area contributed by atoms with Crippen LogP contribution >= 0.6 is 0 Å². The van der Waals surface area contributed by atoms with Crippen molar-refractivity contribution in [3.63, 3.8) is 0 Å². The molecule has 1 unspecified atom stereocenters. The molecule has 4 heteroatoms. The molecular weight excluding hydrogens is 202 g/mol. The topological polar surface area (TPSA) is 62.4 Å². The zero-order chi connectivity index (χ0) is 11.8. The smallest absolute Gasteiger partial charge is 0.0810 e. The van der Waals surface area contributed by atoms with Gasteiger partial charge in [-0.25, -0.2) is 0 Å². The Kier molecular flexibility index (Phi) is 2.86. The van der Waals surface area contributed by atoms with Crippen molar-refractivity contribution in [2.45, 2.75) is 31.9 Å². The predicted molar refractivity (Wildman–Crippen MR) is 64.3 cm³/mol. The van der Waals surface area contributed by atoms with Gasteiger partial charge in [0.2, 0.25) is 0 Å². The van der Waals surface area contributed by atoms with E-state index in [0.717, 1.165) is 24.3 Å². The minimum absolute atomic E-state index is 0.0317. The highest BCUT2D eigenvalue weighted by atomic mass is 16.3. The van der Waals surface area contributed by atoms with Gasteiger partial charge in [0, 0.05) is 19.1 Å². The van der Waals surface area contributed by atoms with Crippen LogP contribution in [0.4, 0.5) is 5.69 Å². The molecule has 1 saturated heterocycles. The highest BCUT2D eigenvalue weighted by Crippen LogP contribution is 2.26. The van der Waals surface area contributed by atoms with Gasteiger partial charge in [0.05, 0.1) is 23.2 Å². The van der Waals surface area contributed by atoms with Gasteiger partial charge in [-0.15, -0.1) is 0 Å². The number of nitrogens with zero attached hydrogens (tertiary/aromatic N) is 2. The van der Waals surface area contributed by atoms with Crippen molar-refractivity contribution < 1.29 is 5.11 Å². The number of rotatable bonds is 2. The Morgan fingerprint density at radius 1 is 1.56 bits per heavy atom. The number of nitrogens with two attached hydrogens (primary N) is 1. The summed E-state index contributed by atoms with van der Waals surface area (Å²) in [5.41, 5.74) is 7.13. The molecule has 1 fully saturated rings. The summed E-state index contributed by atoms with van der Waals surface area (Å²) in [5, 5.41) is 9.89. The van der Waals surface area contributed by atoms with Crippen molar-refractivity contribution in [3.05, 3.63) is 24.0 Å². The van der Waals surface area contributed by atoms with Crippen LogP contribution in [0, 0.1) is 0 Å². The van der Waals surface area contributed by atoms with Crippen molar-refractivity contribution in [3.8, 4) is 0 Å². The lowest BCUT2D eigenvalue weighted by Crippen LogP contribution is -2.29. The Hall–Kier alpha value is -1.13. The molecule has 1 aliphatic heterocycles. The number of anilines is 1. The van der Waals surface area contributed by atoms with Crippen molar-refractivity contribution in [1.82, 2.24) is 4.98 Å². The maximum absolute atomic E-state index is 9.89. The summed E-state index contributed by atoms with van der Waals surface area (Å²) in [5.74, 6) is 0. The zero-order valence-electron chi connectivity index (χ0n) is 9.85. The summed E-state index contributed by atoms with van der Waals surface area (Å²) in [6.45, 7) is 5.35. The fourth-order valence-corrected chi connectivity index (χ4v) is 2.02. The fourth-order valence-electron chi connectivity index (χ4n) is 2.02. The van der Waals surface area contributed by atoms with E-state index in [4.69, 9.17) is 5.73 Å². The van der Waals surface area contributed by atoms with Gasteiger partial charge in [-0.2, -0.15) is 0 Å². The van der Waals surface area contributed by atoms with Crippen molar-refractivity contribution in [2.24, 2.45) is 5.73 Å². The molecule has 1 aromatic rings. The van der Waals surface area contributed by atoms with Gasteiger partial charge < -0.3 is 15.7 Å². The molecule has 2 atom stereocenters. The quantitative estimate of drug-likeness (QED) is 0.784. The van der Waals surface area contributed by atoms with Crippen molar-refractivity contribution in [1.29, 1.82) is 0 Å². The van der Waals surface area contributed by atoms with E-state index in [2.05, 4.69) is 9.88 Å². The fraction of sp³-hybridized carbons (Fsp3) is 0.583. The summed E-state index contributed by atoms with van der Waals surface area (Å²) >= 11 is 0. The van der Waals surface area contributed by atoms with E-state index in [1.54, 1.807) is 0 Å². The summed E-state index contributed by atoms with van der Waals surface area (Å²) in [6.07, 6.45) is 2.64. The highest BCUT2D eigenvalue weighted by molar-refractivity contribution is 5.46. The number of hydrogen-bond donors (Lipinski definition) is 2. The maximum atomic E-state index is 9.89. The number of aliphatic hydroxyl groups is 1. The third-order valence-electron chi connectivity index (χ3n) is 3.05. The molecule has 0 amide bonds. The largest absolute Gasteiger partial charge is 0.388 e. The molecule has 16 heavy (non-hydrogen) atoms. The first-order valence-corrected chi connectivity index (χ1v) is 5.67. The minimum Gasteiger partial charge on any atom is -0.388 e. The monoisotopic (exact) mass is 221 g/mol. The van der Waals surface area contributed by atoms with Crippen LogP contribution in [0.25, 0.3) is 0 Å². The van der Waals surface area contributed by atoms with E-state index in [1.165, 1.54) is 0 Å². The molecule has 2 heterocycles. The molecule has 0 aromatic carbocycles. The lowest BCUT2D eigenvalue weighted by Gasteiger charge is -2.20. The minimum atomic E-state index is -0.570. The van der Waals surface area contributed by atoms with Crippen molar-refractivity contribution in [2.75, 3.05) is 18.0 Å². The van der Waals surface area contributed by atoms with Gasteiger partial charge in [-0.3, -0.25) is 4.98 Å². The molecule has 1 aliphatic rings. The maximum Gasteiger partial charge on any atom is 0.0810 e. The number of hydrogen-bond acceptors (Lipinski definition) is 4. The summed E-state index contributed by atoms with van der Waals surface area (Å²) in [7, 11) is 0. The van der Waals surface area contributed by atoms with E-state index in [0.29, 0.717) is 6.54 Å². The molecule has 0 radical (unpaired) electrons. The Morgan fingerprint density at radius 2 is 2.31 bits per heavy atom. The third-order valence-corrected chi connectivity index (χ3v) is 3.05. The Balaban J connectivity index is 2.11. The lowest BCUT2D eigenvalue weighted by atomic mass is 10.1. The van der Waals surface area contributed by atoms with E-state index in [9.17, 15) is 5.11 Å². The molecule has 3 N–H and O–H groups in total. The molecule has 88 valence electrons. The Bertz CT molecular complexity index is 359. The third kappa shape index (κ3) is 2.33. The average molecular weight is 221 g/mol. The highest BCUT2D eigenvalue weighted by Gasteiger charge is 2.31. The predicted octanol–water partition coefficient (Wildman–Crippen LogP) is 1.06.